The number of nitrogens with two attached hydrogens (primary N) is 1. The summed E-state index contributed by atoms with van der Waals surface area (Å²) in [4.78, 5) is 2.58. The molecule has 1 heterocycles. The van der Waals surface area contributed by atoms with Crippen LogP contribution in [0.15, 0.2) is 24.3 Å². The number of benzene rings is 1. The molecule has 0 bridgehead atoms. The van der Waals surface area contributed by atoms with E-state index in [0.29, 0.717) is 23.9 Å². The standard InChI is InChI=1S/C19H32N2/c1-14(2)15-6-8-16(9-7-15)18(12-20)21-11-10-17(13-21)19(3,4)5/h6-9,14,17-18H,10-13,20H2,1-5H3. The molecule has 0 radical (unpaired) electrons. The van der Waals surface area contributed by atoms with Gasteiger partial charge >= 0.3 is 0 Å². The largest absolute Gasteiger partial charge is 0.329 e. The molecule has 2 nitrogen and oxygen atoms in total. The highest BCUT2D eigenvalue weighted by atomic mass is 15.2. The zero-order valence-corrected chi connectivity index (χ0v) is 14.4. The third-order valence-corrected chi connectivity index (χ3v) is 5.10. The summed E-state index contributed by atoms with van der Waals surface area (Å²) in [6.07, 6.45) is 1.30. The third-order valence-electron chi connectivity index (χ3n) is 5.10. The van der Waals surface area contributed by atoms with Crippen LogP contribution in [0.25, 0.3) is 0 Å². The molecule has 2 N–H and O–H groups in total. The van der Waals surface area contributed by atoms with Gasteiger partial charge in [0.25, 0.3) is 0 Å². The predicted octanol–water partition coefficient (Wildman–Crippen LogP) is 4.18. The Morgan fingerprint density at radius 2 is 1.71 bits per heavy atom. The molecule has 0 aliphatic carbocycles. The Labute approximate surface area is 130 Å². The second-order valence-electron chi connectivity index (χ2n) is 7.92. The Morgan fingerprint density at radius 1 is 1.14 bits per heavy atom. The van der Waals surface area contributed by atoms with E-state index >= 15 is 0 Å². The van der Waals surface area contributed by atoms with Crippen molar-refractivity contribution in [2.75, 3.05) is 19.6 Å². The zero-order chi connectivity index (χ0) is 15.6. The topological polar surface area (TPSA) is 29.3 Å². The molecule has 1 aliphatic rings. The van der Waals surface area contributed by atoms with Gasteiger partial charge < -0.3 is 5.73 Å². The first kappa shape index (κ1) is 16.5. The van der Waals surface area contributed by atoms with E-state index in [2.05, 4.69) is 63.8 Å². The summed E-state index contributed by atoms with van der Waals surface area (Å²) >= 11 is 0. The van der Waals surface area contributed by atoms with Gasteiger partial charge in [0.15, 0.2) is 0 Å². The van der Waals surface area contributed by atoms with Crippen LogP contribution in [0.3, 0.4) is 0 Å². The van der Waals surface area contributed by atoms with Crippen molar-refractivity contribution in [1.29, 1.82) is 0 Å². The summed E-state index contributed by atoms with van der Waals surface area (Å²) in [5.74, 6) is 1.37. The SMILES string of the molecule is CC(C)c1ccc(C(CN)N2CCC(C(C)(C)C)C2)cc1. The van der Waals surface area contributed by atoms with Crippen molar-refractivity contribution in [3.63, 3.8) is 0 Å². The summed E-state index contributed by atoms with van der Waals surface area (Å²) < 4.78 is 0. The van der Waals surface area contributed by atoms with Gasteiger partial charge in [-0.25, -0.2) is 0 Å². The lowest BCUT2D eigenvalue weighted by molar-refractivity contribution is 0.197. The van der Waals surface area contributed by atoms with E-state index in [0.717, 1.165) is 5.92 Å². The van der Waals surface area contributed by atoms with Gasteiger partial charge in [0.05, 0.1) is 0 Å². The lowest BCUT2D eigenvalue weighted by Gasteiger charge is -2.30. The number of rotatable bonds is 4. The number of nitrogens with zero attached hydrogens (tertiary/aromatic N) is 1. The molecular weight excluding hydrogens is 256 g/mol. The Kier molecular flexibility index (Phi) is 5.11. The van der Waals surface area contributed by atoms with Crippen molar-refractivity contribution in [3.8, 4) is 0 Å². The molecule has 118 valence electrons. The number of likely N-dealkylation sites (tertiary alicyclic amines) is 1. The van der Waals surface area contributed by atoms with Crippen LogP contribution >= 0.6 is 0 Å². The fourth-order valence-electron chi connectivity index (χ4n) is 3.38. The molecule has 0 aromatic heterocycles. The Hall–Kier alpha value is -0.860. The summed E-state index contributed by atoms with van der Waals surface area (Å²) in [5.41, 5.74) is 9.27. The molecule has 1 aliphatic heterocycles. The van der Waals surface area contributed by atoms with Gasteiger partial charge in [0, 0.05) is 19.1 Å². The van der Waals surface area contributed by atoms with Crippen molar-refractivity contribution < 1.29 is 0 Å². The Morgan fingerprint density at radius 3 is 2.14 bits per heavy atom. The molecule has 2 heteroatoms. The van der Waals surface area contributed by atoms with Gasteiger partial charge in [0.1, 0.15) is 0 Å². The average Bonchev–Trinajstić information content (AvgIpc) is 2.90. The monoisotopic (exact) mass is 288 g/mol. The average molecular weight is 288 g/mol. The van der Waals surface area contributed by atoms with E-state index in [4.69, 9.17) is 5.73 Å². The van der Waals surface area contributed by atoms with Crippen LogP contribution in [0.4, 0.5) is 0 Å². The van der Waals surface area contributed by atoms with Crippen LogP contribution in [-0.2, 0) is 0 Å². The van der Waals surface area contributed by atoms with Crippen molar-refractivity contribution in [2.24, 2.45) is 17.1 Å². The van der Waals surface area contributed by atoms with Crippen LogP contribution in [0.1, 0.15) is 64.1 Å². The second kappa shape index (κ2) is 6.50. The Balaban J connectivity index is 2.10. The van der Waals surface area contributed by atoms with E-state index in [9.17, 15) is 0 Å². The first-order valence-electron chi connectivity index (χ1n) is 8.37. The van der Waals surface area contributed by atoms with E-state index in [1.54, 1.807) is 0 Å². The fourth-order valence-corrected chi connectivity index (χ4v) is 3.38. The molecule has 2 rings (SSSR count). The van der Waals surface area contributed by atoms with Gasteiger partial charge in [0.2, 0.25) is 0 Å². The van der Waals surface area contributed by atoms with E-state index in [-0.39, 0.29) is 0 Å². The highest BCUT2D eigenvalue weighted by molar-refractivity contribution is 5.27. The summed E-state index contributed by atoms with van der Waals surface area (Å²) in [5, 5.41) is 0. The lowest BCUT2D eigenvalue weighted by atomic mass is 9.80. The van der Waals surface area contributed by atoms with E-state index in [1.165, 1.54) is 30.6 Å². The lowest BCUT2D eigenvalue weighted by Crippen LogP contribution is -2.33. The van der Waals surface area contributed by atoms with Crippen molar-refractivity contribution >= 4 is 0 Å². The first-order valence-corrected chi connectivity index (χ1v) is 8.37. The minimum atomic E-state index is 0.374. The molecule has 1 aromatic carbocycles. The maximum atomic E-state index is 6.10. The minimum absolute atomic E-state index is 0.374. The van der Waals surface area contributed by atoms with Gasteiger partial charge in [-0.3, -0.25) is 4.90 Å². The van der Waals surface area contributed by atoms with E-state index < -0.39 is 0 Å². The van der Waals surface area contributed by atoms with Crippen LogP contribution in [-0.4, -0.2) is 24.5 Å². The quantitative estimate of drug-likeness (QED) is 0.900. The van der Waals surface area contributed by atoms with E-state index in [1.807, 2.05) is 0 Å². The number of hydrogen-bond donors (Lipinski definition) is 1. The predicted molar refractivity (Wildman–Crippen MR) is 91.5 cm³/mol. The second-order valence-corrected chi connectivity index (χ2v) is 7.92. The molecular formula is C19H32N2. The summed E-state index contributed by atoms with van der Waals surface area (Å²) in [6.45, 7) is 14.6. The molecule has 0 saturated carbocycles. The zero-order valence-electron chi connectivity index (χ0n) is 14.4. The maximum Gasteiger partial charge on any atom is 0.0470 e. The van der Waals surface area contributed by atoms with Crippen LogP contribution in [0, 0.1) is 11.3 Å². The molecule has 1 saturated heterocycles. The number of hydrogen-bond acceptors (Lipinski definition) is 2. The van der Waals surface area contributed by atoms with Crippen molar-refractivity contribution in [1.82, 2.24) is 4.90 Å². The highest BCUT2D eigenvalue weighted by Gasteiger charge is 2.34. The summed E-state index contributed by atoms with van der Waals surface area (Å²) in [6, 6.07) is 9.45. The highest BCUT2D eigenvalue weighted by Crippen LogP contribution is 2.37. The van der Waals surface area contributed by atoms with Crippen LogP contribution < -0.4 is 5.73 Å². The first-order chi connectivity index (χ1) is 9.82. The molecule has 21 heavy (non-hydrogen) atoms. The van der Waals surface area contributed by atoms with Crippen molar-refractivity contribution in [3.05, 3.63) is 35.4 Å². The smallest absolute Gasteiger partial charge is 0.0470 e. The van der Waals surface area contributed by atoms with Gasteiger partial charge in [-0.1, -0.05) is 58.9 Å². The normalized spacial score (nSPS) is 22.0. The molecule has 2 atom stereocenters. The molecule has 2 unspecified atom stereocenters. The molecule has 0 spiro atoms. The van der Waals surface area contributed by atoms with Gasteiger partial charge in [-0.15, -0.1) is 0 Å². The molecule has 1 fully saturated rings. The summed E-state index contributed by atoms with van der Waals surface area (Å²) in [7, 11) is 0. The van der Waals surface area contributed by atoms with Gasteiger partial charge in [-0.2, -0.15) is 0 Å². The molecule has 0 amide bonds. The van der Waals surface area contributed by atoms with Crippen molar-refractivity contribution in [2.45, 2.75) is 53.0 Å². The van der Waals surface area contributed by atoms with Gasteiger partial charge in [-0.05, 0) is 41.3 Å². The minimum Gasteiger partial charge on any atom is -0.329 e. The molecule has 1 aromatic rings. The maximum absolute atomic E-state index is 6.10. The third kappa shape index (κ3) is 3.87. The van der Waals surface area contributed by atoms with Crippen LogP contribution in [0.5, 0.6) is 0 Å². The van der Waals surface area contributed by atoms with Crippen LogP contribution in [0.2, 0.25) is 0 Å². The fraction of sp³-hybridized carbons (Fsp3) is 0.684. The Bertz CT molecular complexity index is 442.